The van der Waals surface area contributed by atoms with Gasteiger partial charge in [0.05, 0.1) is 25.6 Å². The maximum absolute atomic E-state index is 13.0. The normalized spacial score (nSPS) is 11.0. The summed E-state index contributed by atoms with van der Waals surface area (Å²) in [7, 11) is 1.32. The Balaban J connectivity index is 0.00000242. The van der Waals surface area contributed by atoms with Crippen molar-refractivity contribution in [2.75, 3.05) is 13.7 Å². The van der Waals surface area contributed by atoms with E-state index >= 15 is 0 Å². The molecule has 22 heavy (non-hydrogen) atoms. The van der Waals surface area contributed by atoms with Crippen molar-refractivity contribution in [3.63, 3.8) is 0 Å². The molecule has 9 heteroatoms. The minimum atomic E-state index is -5.16. The summed E-state index contributed by atoms with van der Waals surface area (Å²) in [6.45, 7) is -2.79. The van der Waals surface area contributed by atoms with Gasteiger partial charge in [0, 0.05) is 6.20 Å². The van der Waals surface area contributed by atoms with Gasteiger partial charge in [-0.25, -0.2) is 0 Å². The molecule has 0 saturated heterocycles. The molecule has 0 N–H and O–H groups in total. The molecule has 1 heterocycles. The quantitative estimate of drug-likeness (QED) is 0.656. The van der Waals surface area contributed by atoms with Crippen LogP contribution in [0.2, 0.25) is 0 Å². The zero-order valence-corrected chi connectivity index (χ0v) is 15.8. The molecule has 1 aromatic carbocycles. The smallest absolute Gasteiger partial charge is 0.497 e. The fraction of sp³-hybridized carbons (Fsp3) is 0.308. The molecule has 0 unspecified atom stereocenters. The molecule has 1 aromatic heterocycles. The van der Waals surface area contributed by atoms with Gasteiger partial charge in [0.2, 0.25) is 0 Å². The first-order valence-electron chi connectivity index (χ1n) is 6.40. The van der Waals surface area contributed by atoms with Gasteiger partial charge in [0.1, 0.15) is 12.4 Å². The van der Waals surface area contributed by atoms with Gasteiger partial charge in [-0.3, -0.25) is 4.68 Å². The maximum atomic E-state index is 13.0. The molecule has 0 saturated carbocycles. The van der Waals surface area contributed by atoms with Crippen LogP contribution in [0.25, 0.3) is 0 Å². The van der Waals surface area contributed by atoms with Gasteiger partial charge in [-0.15, -0.1) is 0 Å². The van der Waals surface area contributed by atoms with Crippen LogP contribution in [0.3, 0.4) is 0 Å². The Hall–Kier alpha value is -0.479. The van der Waals surface area contributed by atoms with Crippen LogP contribution in [0.4, 0.5) is 12.9 Å². The SMILES string of the molecule is COc1ccc(OCCn2cc(C)cn2)c([B-](F)(F)F)c1.[K+]. The van der Waals surface area contributed by atoms with E-state index in [0.717, 1.165) is 11.6 Å². The standard InChI is InChI=1S/C13H15BF3N2O2.K/c1-10-8-18-19(9-10)5-6-21-13-4-3-11(20-2)7-12(13)14(15,16)17;/h3-4,7-9H,5-6H2,1-2H3;/q-1;+1. The molecule has 2 rings (SSSR count). The molecule has 2 aromatic rings. The average Bonchev–Trinajstić information content (AvgIpc) is 2.83. The van der Waals surface area contributed by atoms with Crippen LogP contribution in [-0.4, -0.2) is 30.5 Å². The number of benzene rings is 1. The summed E-state index contributed by atoms with van der Waals surface area (Å²) in [5.74, 6) is -0.0357. The zero-order valence-electron chi connectivity index (χ0n) is 12.7. The second-order valence-corrected chi connectivity index (χ2v) is 4.61. The third-order valence-electron chi connectivity index (χ3n) is 2.91. The molecule has 0 spiro atoms. The van der Waals surface area contributed by atoms with Gasteiger partial charge in [-0.1, -0.05) is 5.46 Å². The summed E-state index contributed by atoms with van der Waals surface area (Å²) in [6.07, 6.45) is 3.48. The fourth-order valence-electron chi connectivity index (χ4n) is 1.88. The molecule has 114 valence electrons. The van der Waals surface area contributed by atoms with Gasteiger partial charge in [-0.2, -0.15) is 5.10 Å². The van der Waals surface area contributed by atoms with Gasteiger partial charge < -0.3 is 22.4 Å². The third-order valence-corrected chi connectivity index (χ3v) is 2.91. The molecule has 0 radical (unpaired) electrons. The number of rotatable bonds is 6. The number of aryl methyl sites for hydroxylation is 1. The van der Waals surface area contributed by atoms with Crippen molar-refractivity contribution in [2.45, 2.75) is 13.5 Å². The molecule has 0 aliphatic heterocycles. The predicted molar refractivity (Wildman–Crippen MR) is 74.2 cm³/mol. The van der Waals surface area contributed by atoms with Crippen molar-refractivity contribution in [1.82, 2.24) is 9.78 Å². The Kier molecular flexibility index (Phi) is 7.47. The minimum absolute atomic E-state index is 0. The third kappa shape index (κ3) is 5.31. The molecule has 0 bridgehead atoms. The van der Waals surface area contributed by atoms with Crippen molar-refractivity contribution < 1.29 is 73.8 Å². The van der Waals surface area contributed by atoms with Crippen LogP contribution in [0, 0.1) is 6.92 Å². The monoisotopic (exact) mass is 338 g/mol. The fourth-order valence-corrected chi connectivity index (χ4v) is 1.88. The van der Waals surface area contributed by atoms with Crippen molar-refractivity contribution in [1.29, 1.82) is 0 Å². The number of halogens is 3. The first-order valence-corrected chi connectivity index (χ1v) is 6.40. The van der Waals surface area contributed by atoms with E-state index in [9.17, 15) is 12.9 Å². The summed E-state index contributed by atoms with van der Waals surface area (Å²) >= 11 is 0. The van der Waals surface area contributed by atoms with E-state index in [1.807, 2.05) is 6.92 Å². The molecule has 0 atom stereocenters. The van der Waals surface area contributed by atoms with E-state index in [0.29, 0.717) is 6.54 Å². The molecule has 4 nitrogen and oxygen atoms in total. The van der Waals surface area contributed by atoms with Crippen LogP contribution < -0.4 is 66.3 Å². The van der Waals surface area contributed by atoms with E-state index in [1.165, 1.54) is 19.2 Å². The summed E-state index contributed by atoms with van der Waals surface area (Å²) < 4.78 is 50.8. The number of ether oxygens (including phenoxy) is 2. The average molecular weight is 338 g/mol. The van der Waals surface area contributed by atoms with Gasteiger partial charge in [0.15, 0.2) is 0 Å². The van der Waals surface area contributed by atoms with Crippen LogP contribution in [0.1, 0.15) is 5.56 Å². The van der Waals surface area contributed by atoms with E-state index in [4.69, 9.17) is 9.47 Å². The molecule has 0 aliphatic carbocycles. The van der Waals surface area contributed by atoms with Crippen LogP contribution in [-0.2, 0) is 6.54 Å². The topological polar surface area (TPSA) is 36.3 Å². The molecule has 0 amide bonds. The number of hydrogen-bond acceptors (Lipinski definition) is 3. The van der Waals surface area contributed by atoms with Crippen molar-refractivity contribution in [3.8, 4) is 11.5 Å². The summed E-state index contributed by atoms with van der Waals surface area (Å²) in [4.78, 5) is 0. The summed E-state index contributed by atoms with van der Waals surface area (Å²) in [5.41, 5.74) is 0.199. The Morgan fingerprint density at radius 3 is 2.55 bits per heavy atom. The maximum Gasteiger partial charge on any atom is 1.00 e. The predicted octanol–water partition coefficient (Wildman–Crippen LogP) is -0.662. The summed E-state index contributed by atoms with van der Waals surface area (Å²) in [6, 6.07) is 3.67. The van der Waals surface area contributed by atoms with Crippen LogP contribution in [0.15, 0.2) is 30.6 Å². The Labute approximate surface area is 169 Å². The van der Waals surface area contributed by atoms with E-state index < -0.39 is 12.4 Å². The van der Waals surface area contributed by atoms with Gasteiger partial charge in [0.25, 0.3) is 0 Å². The van der Waals surface area contributed by atoms with Crippen LogP contribution in [0.5, 0.6) is 11.5 Å². The van der Waals surface area contributed by atoms with Gasteiger partial charge >= 0.3 is 58.4 Å². The van der Waals surface area contributed by atoms with E-state index in [1.54, 1.807) is 17.1 Å². The number of hydrogen-bond donors (Lipinski definition) is 0. The van der Waals surface area contributed by atoms with E-state index in [-0.39, 0.29) is 69.5 Å². The van der Waals surface area contributed by atoms with Crippen molar-refractivity contribution >= 4 is 12.4 Å². The Morgan fingerprint density at radius 1 is 1.27 bits per heavy atom. The second-order valence-electron chi connectivity index (χ2n) is 4.61. The van der Waals surface area contributed by atoms with Gasteiger partial charge in [-0.05, 0) is 30.7 Å². The molecule has 0 fully saturated rings. The first-order chi connectivity index (χ1) is 9.90. The van der Waals surface area contributed by atoms with Crippen molar-refractivity contribution in [2.24, 2.45) is 0 Å². The molecule has 0 aliphatic rings. The first kappa shape index (κ1) is 19.6. The number of aromatic nitrogens is 2. The Morgan fingerprint density at radius 2 is 2.00 bits per heavy atom. The Bertz CT molecular complexity index is 620. The number of nitrogens with zero attached hydrogens (tertiary/aromatic N) is 2. The number of methoxy groups -OCH3 is 1. The largest absolute Gasteiger partial charge is 1.00 e. The zero-order chi connectivity index (χ0) is 15.5. The second kappa shape index (κ2) is 8.39. The molecular weight excluding hydrogens is 323 g/mol. The summed E-state index contributed by atoms with van der Waals surface area (Å²) in [5, 5.41) is 4.04. The van der Waals surface area contributed by atoms with E-state index in [2.05, 4.69) is 5.10 Å². The minimum Gasteiger partial charge on any atom is -0.497 e. The van der Waals surface area contributed by atoms with Crippen LogP contribution >= 0.6 is 0 Å². The molecular formula is C13H15BF3KN2O2. The van der Waals surface area contributed by atoms with Crippen molar-refractivity contribution in [3.05, 3.63) is 36.2 Å².